The van der Waals surface area contributed by atoms with Crippen molar-refractivity contribution in [3.63, 3.8) is 0 Å². The summed E-state index contributed by atoms with van der Waals surface area (Å²) < 4.78 is 20.8. The minimum atomic E-state index is -0.338. The van der Waals surface area contributed by atoms with E-state index in [1.165, 1.54) is 32.0 Å². The van der Waals surface area contributed by atoms with Crippen LogP contribution in [-0.4, -0.2) is 101 Å². The number of piperazine rings is 1. The number of ether oxygens (including phenoxy) is 1. The molecular formula is C37H62FN5O6. The molecule has 2 aliphatic heterocycles. The summed E-state index contributed by atoms with van der Waals surface area (Å²) in [5, 5.41) is 36.7. The number of nitrogens with one attached hydrogen (secondary N) is 4. The summed E-state index contributed by atoms with van der Waals surface area (Å²) in [4.78, 5) is 23.8. The van der Waals surface area contributed by atoms with Crippen molar-refractivity contribution in [3.05, 3.63) is 53.3 Å². The van der Waals surface area contributed by atoms with Gasteiger partial charge in [-0.2, -0.15) is 0 Å². The number of halogens is 1. The fourth-order valence-electron chi connectivity index (χ4n) is 5.82. The first-order valence-corrected chi connectivity index (χ1v) is 17.6. The van der Waals surface area contributed by atoms with Gasteiger partial charge in [0.2, 0.25) is 12.8 Å². The predicted molar refractivity (Wildman–Crippen MR) is 195 cm³/mol. The molecule has 2 saturated heterocycles. The lowest BCUT2D eigenvalue weighted by Gasteiger charge is -2.30. The van der Waals surface area contributed by atoms with E-state index in [9.17, 15) is 19.1 Å². The van der Waals surface area contributed by atoms with E-state index >= 15 is 0 Å². The summed E-state index contributed by atoms with van der Waals surface area (Å²) in [6.45, 7) is 11.2. The lowest BCUT2D eigenvalue weighted by atomic mass is 9.87. The van der Waals surface area contributed by atoms with Crippen LogP contribution in [0.3, 0.4) is 0 Å². The molecule has 2 fully saturated rings. The first-order chi connectivity index (χ1) is 23.9. The Bertz CT molecular complexity index is 1140. The molecule has 0 bridgehead atoms. The molecule has 278 valence electrons. The Morgan fingerprint density at radius 2 is 1.47 bits per heavy atom. The van der Waals surface area contributed by atoms with E-state index in [2.05, 4.69) is 46.1 Å². The Hall–Kier alpha value is -3.45. The smallest absolute Gasteiger partial charge is 0.207 e. The fraction of sp³-hybridized carbons (Fsp3) is 0.622. The summed E-state index contributed by atoms with van der Waals surface area (Å²) in [6, 6.07) is 10.6. The van der Waals surface area contributed by atoms with Gasteiger partial charge in [0.1, 0.15) is 23.4 Å². The molecule has 2 heterocycles. The molecule has 0 radical (unpaired) electrons. The summed E-state index contributed by atoms with van der Waals surface area (Å²) >= 11 is 0. The maximum absolute atomic E-state index is 14.5. The van der Waals surface area contributed by atoms with Crippen LogP contribution in [0.4, 0.5) is 10.1 Å². The van der Waals surface area contributed by atoms with Gasteiger partial charge >= 0.3 is 0 Å². The Labute approximate surface area is 293 Å². The Kier molecular flexibility index (Phi) is 24.3. The minimum absolute atomic E-state index is 0.134. The number of carbonyl (C=O) groups excluding carboxylic acids is 2. The van der Waals surface area contributed by atoms with Crippen LogP contribution in [0.25, 0.3) is 0 Å². The molecule has 0 aromatic heterocycles. The highest BCUT2D eigenvalue weighted by Crippen LogP contribution is 2.34. The zero-order valence-electron chi connectivity index (χ0n) is 30.1. The molecule has 2 amide bonds. The molecule has 11 nitrogen and oxygen atoms in total. The molecule has 7 N–H and O–H groups in total. The average molecular weight is 692 g/mol. The second kappa shape index (κ2) is 27.4. The molecule has 0 aliphatic carbocycles. The predicted octanol–water partition coefficient (Wildman–Crippen LogP) is 3.70. The van der Waals surface area contributed by atoms with Crippen molar-refractivity contribution in [3.8, 4) is 11.5 Å². The number of phenolic OH excluding ortho intramolecular Hbond substituents is 1. The largest absolute Gasteiger partial charge is 0.508 e. The number of aryl methyl sites for hydroxylation is 1. The molecule has 12 heteroatoms. The van der Waals surface area contributed by atoms with E-state index in [1.807, 2.05) is 12.1 Å². The van der Waals surface area contributed by atoms with Gasteiger partial charge in [0, 0.05) is 77.7 Å². The highest BCUT2D eigenvalue weighted by atomic mass is 19.1. The van der Waals surface area contributed by atoms with E-state index < -0.39 is 0 Å². The van der Waals surface area contributed by atoms with Crippen LogP contribution >= 0.6 is 0 Å². The van der Waals surface area contributed by atoms with Gasteiger partial charge in [0.05, 0.1) is 0 Å². The number of carbonyl (C=O) groups is 2. The molecule has 49 heavy (non-hydrogen) atoms. The van der Waals surface area contributed by atoms with Crippen LogP contribution < -0.4 is 30.9 Å². The number of hydrogen-bond acceptors (Lipinski definition) is 9. The number of aliphatic hydroxyl groups is 2. The number of nitrogens with zero attached hydrogens (tertiary/aromatic N) is 1. The van der Waals surface area contributed by atoms with Crippen molar-refractivity contribution in [2.24, 2.45) is 5.92 Å². The summed E-state index contributed by atoms with van der Waals surface area (Å²) in [7, 11) is 2.00. The van der Waals surface area contributed by atoms with E-state index in [1.54, 1.807) is 12.1 Å². The van der Waals surface area contributed by atoms with Crippen LogP contribution in [0.15, 0.2) is 36.4 Å². The zero-order chi connectivity index (χ0) is 36.3. The van der Waals surface area contributed by atoms with Gasteiger partial charge in [0.15, 0.2) is 0 Å². The van der Waals surface area contributed by atoms with Gasteiger partial charge in [-0.15, -0.1) is 0 Å². The standard InChI is InChI=1S/C31H45FN4O4.C4H9N.2CH4O/c1-23(2)3-6-25(9-11-34-21-37)30-17-24(5-8-31(30)39)4-7-28(10-12-35-22-38)40-29-19-26(32)18-27(20-29)36-15-13-33-14-16-36;1-2-4-5-3-1;2*1-2/h5,8,17-23,25,28,33,39H,3-4,6-7,9-16H2,1-2H3,(H,34,37)(H,35,38);5H,1-4H2;2*2H,1H3. The number of hydrogen-bond donors (Lipinski definition) is 7. The first kappa shape index (κ1) is 43.6. The fourth-order valence-corrected chi connectivity index (χ4v) is 5.82. The van der Waals surface area contributed by atoms with Crippen molar-refractivity contribution >= 4 is 18.5 Å². The monoisotopic (exact) mass is 691 g/mol. The Morgan fingerprint density at radius 3 is 2.06 bits per heavy atom. The number of amides is 2. The van der Waals surface area contributed by atoms with E-state index in [0.29, 0.717) is 56.8 Å². The molecule has 2 aromatic rings. The molecule has 2 aromatic carbocycles. The van der Waals surface area contributed by atoms with Gasteiger partial charge in [-0.1, -0.05) is 32.4 Å². The molecule has 2 aliphatic rings. The number of benzene rings is 2. The maximum Gasteiger partial charge on any atom is 0.207 e. The van der Waals surface area contributed by atoms with Crippen molar-refractivity contribution in [2.45, 2.75) is 77.2 Å². The molecule has 2 unspecified atom stereocenters. The van der Waals surface area contributed by atoms with Crippen LogP contribution in [-0.2, 0) is 16.0 Å². The summed E-state index contributed by atoms with van der Waals surface area (Å²) in [6.07, 6.45) is 8.56. The van der Waals surface area contributed by atoms with Crippen LogP contribution in [0.2, 0.25) is 0 Å². The van der Waals surface area contributed by atoms with Gasteiger partial charge < -0.3 is 46.2 Å². The number of anilines is 1. The summed E-state index contributed by atoms with van der Waals surface area (Å²) in [5.74, 6) is 1.09. The molecule has 0 spiro atoms. The van der Waals surface area contributed by atoms with E-state index in [0.717, 1.165) is 76.5 Å². The highest BCUT2D eigenvalue weighted by molar-refractivity contribution is 5.52. The van der Waals surface area contributed by atoms with Gasteiger partial charge in [-0.05, 0) is 86.7 Å². The topological polar surface area (TPSA) is 155 Å². The van der Waals surface area contributed by atoms with Crippen molar-refractivity contribution < 1.29 is 34.0 Å². The minimum Gasteiger partial charge on any atom is -0.508 e. The van der Waals surface area contributed by atoms with Crippen LogP contribution in [0.1, 0.15) is 75.8 Å². The molecular weight excluding hydrogens is 629 g/mol. The van der Waals surface area contributed by atoms with Crippen LogP contribution in [0.5, 0.6) is 11.5 Å². The van der Waals surface area contributed by atoms with E-state index in [-0.39, 0.29) is 23.6 Å². The van der Waals surface area contributed by atoms with Gasteiger partial charge in [-0.3, -0.25) is 9.59 Å². The third kappa shape index (κ3) is 18.2. The third-order valence-corrected chi connectivity index (χ3v) is 8.39. The van der Waals surface area contributed by atoms with Crippen LogP contribution in [0, 0.1) is 11.7 Å². The Morgan fingerprint density at radius 1 is 0.837 bits per heavy atom. The maximum atomic E-state index is 14.5. The number of aromatic hydroxyl groups is 1. The lowest BCUT2D eigenvalue weighted by Crippen LogP contribution is -2.43. The third-order valence-electron chi connectivity index (χ3n) is 8.39. The van der Waals surface area contributed by atoms with Crippen molar-refractivity contribution in [1.82, 2.24) is 21.3 Å². The SMILES string of the molecule is C1CCNC1.CC(C)CCC(CCNC=O)c1cc(CCC(CCNC=O)Oc2cc(F)cc(N3CCNCC3)c2)ccc1O.CO.CO. The average Bonchev–Trinajstić information content (AvgIpc) is 3.72. The highest BCUT2D eigenvalue weighted by Gasteiger charge is 2.19. The number of phenols is 1. The lowest BCUT2D eigenvalue weighted by molar-refractivity contribution is -0.110. The zero-order valence-corrected chi connectivity index (χ0v) is 30.1. The van der Waals surface area contributed by atoms with E-state index in [4.69, 9.17) is 14.9 Å². The molecule has 0 saturated carbocycles. The summed E-state index contributed by atoms with van der Waals surface area (Å²) in [5.41, 5.74) is 2.78. The molecule has 2 atom stereocenters. The second-order valence-corrected chi connectivity index (χ2v) is 12.4. The van der Waals surface area contributed by atoms with Gasteiger partial charge in [-0.25, -0.2) is 4.39 Å². The molecule has 4 rings (SSSR count). The normalized spacial score (nSPS) is 14.9. The first-order valence-electron chi connectivity index (χ1n) is 17.6. The Balaban J connectivity index is 0.00000118. The van der Waals surface area contributed by atoms with Crippen molar-refractivity contribution in [1.29, 1.82) is 0 Å². The van der Waals surface area contributed by atoms with Gasteiger partial charge in [0.25, 0.3) is 0 Å². The van der Waals surface area contributed by atoms with Crippen molar-refractivity contribution in [2.75, 3.05) is 71.5 Å². The quantitative estimate of drug-likeness (QED) is 0.0916. The second-order valence-electron chi connectivity index (χ2n) is 12.4. The number of aliphatic hydroxyl groups excluding tert-OH is 2. The number of rotatable bonds is 18.